The number of carboxylic acids is 1. The maximum Gasteiger partial charge on any atom is 0.341 e. The third kappa shape index (κ3) is 2.85. The molecule has 0 aliphatic heterocycles. The van der Waals surface area contributed by atoms with E-state index in [2.05, 4.69) is 15.4 Å². The van der Waals surface area contributed by atoms with Crippen LogP contribution in [0, 0.1) is 5.82 Å². The van der Waals surface area contributed by atoms with Crippen molar-refractivity contribution in [1.82, 2.24) is 14.6 Å². The first kappa shape index (κ1) is 15.7. The van der Waals surface area contributed by atoms with Crippen LogP contribution in [0.3, 0.4) is 0 Å². The highest BCUT2D eigenvalue weighted by atomic mass is 19.1. The number of aromatic hydroxyl groups is 1. The second kappa shape index (κ2) is 6.15. The van der Waals surface area contributed by atoms with Gasteiger partial charge in [0, 0.05) is 11.8 Å². The van der Waals surface area contributed by atoms with Gasteiger partial charge in [-0.1, -0.05) is 6.92 Å². The zero-order chi connectivity index (χ0) is 17.3. The highest BCUT2D eigenvalue weighted by Crippen LogP contribution is 2.29. The van der Waals surface area contributed by atoms with Crippen molar-refractivity contribution in [2.24, 2.45) is 0 Å². The second-order valence-electron chi connectivity index (χ2n) is 5.25. The molecule has 7 nitrogen and oxygen atoms in total. The lowest BCUT2D eigenvalue weighted by Crippen LogP contribution is -2.12. The maximum absolute atomic E-state index is 13.5. The molecule has 0 saturated heterocycles. The van der Waals surface area contributed by atoms with Crippen molar-refractivity contribution >= 4 is 17.4 Å². The van der Waals surface area contributed by atoms with Gasteiger partial charge in [0.15, 0.2) is 5.65 Å². The van der Waals surface area contributed by atoms with Crippen LogP contribution in [0.5, 0.6) is 5.75 Å². The van der Waals surface area contributed by atoms with E-state index in [1.54, 1.807) is 12.3 Å². The van der Waals surface area contributed by atoms with Crippen LogP contribution in [0.1, 0.15) is 35.3 Å². The first-order valence-corrected chi connectivity index (χ1v) is 7.32. The fraction of sp³-hybridized carbons (Fsp3) is 0.188. The minimum Gasteiger partial charge on any atom is -0.508 e. The van der Waals surface area contributed by atoms with Crippen molar-refractivity contribution in [2.45, 2.75) is 19.4 Å². The quantitative estimate of drug-likeness (QED) is 0.665. The molecule has 124 valence electrons. The van der Waals surface area contributed by atoms with E-state index in [4.69, 9.17) is 5.11 Å². The van der Waals surface area contributed by atoms with Crippen LogP contribution >= 0.6 is 0 Å². The van der Waals surface area contributed by atoms with Gasteiger partial charge in [0.2, 0.25) is 0 Å². The van der Waals surface area contributed by atoms with Gasteiger partial charge >= 0.3 is 5.97 Å². The average molecular weight is 330 g/mol. The largest absolute Gasteiger partial charge is 0.508 e. The minimum absolute atomic E-state index is 0.0136. The molecule has 0 aliphatic rings. The van der Waals surface area contributed by atoms with Gasteiger partial charge in [-0.3, -0.25) is 0 Å². The molecule has 1 aromatic carbocycles. The van der Waals surface area contributed by atoms with Crippen LogP contribution in [0.2, 0.25) is 0 Å². The molecule has 0 radical (unpaired) electrons. The van der Waals surface area contributed by atoms with Gasteiger partial charge in [-0.25, -0.2) is 18.7 Å². The molecule has 24 heavy (non-hydrogen) atoms. The molecule has 3 N–H and O–H groups in total. The van der Waals surface area contributed by atoms with Gasteiger partial charge in [-0.05, 0) is 30.7 Å². The Morgan fingerprint density at radius 2 is 2.21 bits per heavy atom. The molecule has 2 aromatic heterocycles. The average Bonchev–Trinajstić information content (AvgIpc) is 2.98. The summed E-state index contributed by atoms with van der Waals surface area (Å²) in [4.78, 5) is 15.4. The number of benzene rings is 1. The van der Waals surface area contributed by atoms with Crippen molar-refractivity contribution in [3.63, 3.8) is 0 Å². The topological polar surface area (TPSA) is 99.8 Å². The number of nitrogens with one attached hydrogen (secondary N) is 1. The SMILES string of the molecule is CCC(Nc1ccn2ncc(C(=O)O)c2n1)c1cc(F)ccc1O. The molecule has 2 heterocycles. The number of hydrogen-bond acceptors (Lipinski definition) is 5. The molecule has 0 fully saturated rings. The Morgan fingerprint density at radius 3 is 2.92 bits per heavy atom. The molecule has 0 bridgehead atoms. The molecule has 1 unspecified atom stereocenters. The highest BCUT2D eigenvalue weighted by Gasteiger charge is 2.17. The summed E-state index contributed by atoms with van der Waals surface area (Å²) in [6, 6.07) is 4.99. The standard InChI is InChI=1S/C16H15FN4O3/c1-2-12(10-7-9(17)3-4-13(10)22)19-14-5-6-21-15(20-14)11(8-18-21)16(23)24/h3-8,12,22H,2H2,1H3,(H,19,20)(H,23,24). The van der Waals surface area contributed by atoms with Gasteiger partial charge in [0.1, 0.15) is 22.9 Å². The van der Waals surface area contributed by atoms with E-state index in [1.165, 1.54) is 28.9 Å². The lowest BCUT2D eigenvalue weighted by Gasteiger charge is -2.19. The molecular weight excluding hydrogens is 315 g/mol. The Balaban J connectivity index is 1.96. The third-order valence-corrected chi connectivity index (χ3v) is 3.69. The van der Waals surface area contributed by atoms with Crippen molar-refractivity contribution < 1.29 is 19.4 Å². The number of phenols is 1. The van der Waals surface area contributed by atoms with Gasteiger partial charge in [0.05, 0.1) is 12.2 Å². The molecule has 8 heteroatoms. The first-order valence-electron chi connectivity index (χ1n) is 7.32. The van der Waals surface area contributed by atoms with Gasteiger partial charge in [0.25, 0.3) is 0 Å². The maximum atomic E-state index is 13.5. The molecule has 3 rings (SSSR count). The van der Waals surface area contributed by atoms with Crippen LogP contribution in [-0.2, 0) is 0 Å². The Morgan fingerprint density at radius 1 is 1.42 bits per heavy atom. The number of anilines is 1. The fourth-order valence-electron chi connectivity index (χ4n) is 2.48. The van der Waals surface area contributed by atoms with Crippen molar-refractivity contribution in [1.29, 1.82) is 0 Å². The van der Waals surface area contributed by atoms with Crippen LogP contribution in [0.4, 0.5) is 10.2 Å². The van der Waals surface area contributed by atoms with E-state index >= 15 is 0 Å². The zero-order valence-electron chi connectivity index (χ0n) is 12.8. The van der Waals surface area contributed by atoms with Gasteiger partial charge in [-0.2, -0.15) is 5.10 Å². The van der Waals surface area contributed by atoms with E-state index < -0.39 is 11.8 Å². The van der Waals surface area contributed by atoms with Crippen LogP contribution in [0.15, 0.2) is 36.7 Å². The number of phenolic OH excluding ortho intramolecular Hbond substituents is 1. The number of halogens is 1. The molecule has 0 saturated carbocycles. The van der Waals surface area contributed by atoms with Crippen LogP contribution in [-0.4, -0.2) is 30.8 Å². The van der Waals surface area contributed by atoms with E-state index in [0.717, 1.165) is 0 Å². The van der Waals surface area contributed by atoms with Crippen molar-refractivity contribution in [2.75, 3.05) is 5.32 Å². The molecule has 3 aromatic rings. The zero-order valence-corrected chi connectivity index (χ0v) is 12.8. The number of carboxylic acid groups (broad SMARTS) is 1. The van der Waals surface area contributed by atoms with Crippen LogP contribution in [0.25, 0.3) is 5.65 Å². The van der Waals surface area contributed by atoms with Crippen molar-refractivity contribution in [3.8, 4) is 5.75 Å². The number of nitrogens with zero attached hydrogens (tertiary/aromatic N) is 3. The minimum atomic E-state index is -1.12. The summed E-state index contributed by atoms with van der Waals surface area (Å²) in [6.45, 7) is 1.88. The second-order valence-corrected chi connectivity index (χ2v) is 5.25. The lowest BCUT2D eigenvalue weighted by molar-refractivity contribution is 0.0698. The molecule has 0 spiro atoms. The molecule has 1 atom stereocenters. The van der Waals surface area contributed by atoms with E-state index in [-0.39, 0.29) is 23.0 Å². The molecule has 0 aliphatic carbocycles. The summed E-state index contributed by atoms with van der Waals surface area (Å²) in [5, 5.41) is 26.1. The monoisotopic (exact) mass is 330 g/mol. The summed E-state index contributed by atoms with van der Waals surface area (Å²) in [5.74, 6) is -1.19. The Kier molecular flexibility index (Phi) is 4.03. The number of aromatic nitrogens is 3. The normalized spacial score (nSPS) is 12.2. The van der Waals surface area contributed by atoms with Gasteiger partial charge < -0.3 is 15.5 Å². The Hall–Kier alpha value is -3.16. The Labute approximate surface area is 136 Å². The summed E-state index contributed by atoms with van der Waals surface area (Å²) >= 11 is 0. The lowest BCUT2D eigenvalue weighted by atomic mass is 10.0. The molecule has 0 amide bonds. The predicted molar refractivity (Wildman–Crippen MR) is 84.7 cm³/mol. The number of hydrogen-bond donors (Lipinski definition) is 3. The first-order chi connectivity index (χ1) is 11.5. The molecular formula is C16H15FN4O3. The Bertz CT molecular complexity index is 909. The fourth-order valence-corrected chi connectivity index (χ4v) is 2.48. The number of fused-ring (bicyclic) bond motifs is 1. The van der Waals surface area contributed by atoms with E-state index in [1.807, 2.05) is 6.92 Å². The smallest absolute Gasteiger partial charge is 0.341 e. The summed E-state index contributed by atoms with van der Waals surface area (Å²) in [6.07, 6.45) is 3.37. The number of rotatable bonds is 5. The number of carbonyl (C=O) groups is 1. The summed E-state index contributed by atoms with van der Waals surface area (Å²) < 4.78 is 14.8. The van der Waals surface area contributed by atoms with Crippen molar-refractivity contribution in [3.05, 3.63) is 53.6 Å². The number of aromatic carboxylic acids is 1. The third-order valence-electron chi connectivity index (χ3n) is 3.69. The summed E-state index contributed by atoms with van der Waals surface area (Å²) in [7, 11) is 0. The van der Waals surface area contributed by atoms with E-state index in [9.17, 15) is 14.3 Å². The highest BCUT2D eigenvalue weighted by molar-refractivity contribution is 5.94. The predicted octanol–water partition coefficient (Wildman–Crippen LogP) is 2.84. The van der Waals surface area contributed by atoms with Crippen LogP contribution < -0.4 is 5.32 Å². The van der Waals surface area contributed by atoms with E-state index in [0.29, 0.717) is 17.8 Å². The summed E-state index contributed by atoms with van der Waals surface area (Å²) in [5.41, 5.74) is 0.595. The van der Waals surface area contributed by atoms with Gasteiger partial charge in [-0.15, -0.1) is 0 Å².